The van der Waals surface area contributed by atoms with Crippen LogP contribution in [-0.4, -0.2) is 20.4 Å². The van der Waals surface area contributed by atoms with Crippen molar-refractivity contribution in [3.63, 3.8) is 0 Å². The van der Waals surface area contributed by atoms with E-state index >= 15 is 0 Å². The summed E-state index contributed by atoms with van der Waals surface area (Å²) in [5, 5.41) is 6.26. The van der Waals surface area contributed by atoms with Gasteiger partial charge in [-0.3, -0.25) is 4.79 Å². The molecule has 0 bridgehead atoms. The Bertz CT molecular complexity index is 1100. The van der Waals surface area contributed by atoms with Gasteiger partial charge in [0.15, 0.2) is 0 Å². The van der Waals surface area contributed by atoms with Gasteiger partial charge in [0.05, 0.1) is 0 Å². The number of thiazole rings is 1. The molecule has 3 aromatic heterocycles. The van der Waals surface area contributed by atoms with Gasteiger partial charge in [0.25, 0.3) is 5.91 Å². The summed E-state index contributed by atoms with van der Waals surface area (Å²) in [7, 11) is 1.93. The molecule has 26 heavy (non-hydrogen) atoms. The van der Waals surface area contributed by atoms with Crippen molar-refractivity contribution < 1.29 is 9.18 Å². The summed E-state index contributed by atoms with van der Waals surface area (Å²) >= 11 is 1.41. The molecule has 0 saturated carbocycles. The van der Waals surface area contributed by atoms with Crippen molar-refractivity contribution in [3.05, 3.63) is 71.2 Å². The van der Waals surface area contributed by atoms with Crippen LogP contribution < -0.4 is 5.32 Å². The van der Waals surface area contributed by atoms with E-state index in [0.717, 1.165) is 21.6 Å². The number of carbonyl (C=O) groups is 1. The van der Waals surface area contributed by atoms with Gasteiger partial charge in [0.2, 0.25) is 0 Å². The van der Waals surface area contributed by atoms with Crippen molar-refractivity contribution in [1.29, 1.82) is 0 Å². The van der Waals surface area contributed by atoms with Crippen LogP contribution in [0.1, 0.15) is 16.1 Å². The highest BCUT2D eigenvalue weighted by Gasteiger charge is 2.15. The van der Waals surface area contributed by atoms with E-state index in [1.165, 1.54) is 23.5 Å². The van der Waals surface area contributed by atoms with Crippen LogP contribution in [0.2, 0.25) is 0 Å². The molecule has 0 aliphatic heterocycles. The van der Waals surface area contributed by atoms with Crippen LogP contribution in [-0.2, 0) is 13.6 Å². The van der Waals surface area contributed by atoms with Gasteiger partial charge in [-0.15, -0.1) is 11.3 Å². The third-order valence-corrected chi connectivity index (χ3v) is 4.92. The van der Waals surface area contributed by atoms with Crippen molar-refractivity contribution in [2.24, 2.45) is 7.05 Å². The summed E-state index contributed by atoms with van der Waals surface area (Å²) in [4.78, 5) is 21.2. The molecule has 4 rings (SSSR count). The number of rotatable bonds is 4. The molecule has 0 fully saturated rings. The number of carbonyl (C=O) groups excluding carboxylic acids is 1. The molecule has 0 spiro atoms. The lowest BCUT2D eigenvalue weighted by atomic mass is 10.2. The second-order valence-corrected chi connectivity index (χ2v) is 6.74. The summed E-state index contributed by atoms with van der Waals surface area (Å²) in [5.41, 5.74) is 2.87. The second kappa shape index (κ2) is 6.68. The van der Waals surface area contributed by atoms with Gasteiger partial charge in [-0.25, -0.2) is 14.4 Å². The quantitative estimate of drug-likeness (QED) is 0.598. The highest BCUT2D eigenvalue weighted by Crippen LogP contribution is 2.31. The molecule has 1 amide bonds. The van der Waals surface area contributed by atoms with Crippen LogP contribution in [0.4, 0.5) is 4.39 Å². The highest BCUT2D eigenvalue weighted by molar-refractivity contribution is 7.13. The minimum atomic E-state index is -0.322. The summed E-state index contributed by atoms with van der Waals surface area (Å²) in [6.45, 7) is 0.252. The van der Waals surface area contributed by atoms with E-state index in [2.05, 4.69) is 15.3 Å². The Morgan fingerprint density at radius 2 is 2.19 bits per heavy atom. The molecule has 1 N–H and O–H groups in total. The first-order chi connectivity index (χ1) is 12.6. The average Bonchev–Trinajstić information content (AvgIpc) is 3.25. The standard InChI is InChI=1S/C19H15FN4OS/c1-24-10-15(14-6-3-7-21-17(14)24)19-23-16(11-26-19)18(25)22-9-12-4-2-5-13(20)8-12/h2-8,10-11H,9H2,1H3,(H,22,25). The van der Waals surface area contributed by atoms with Crippen LogP contribution in [0, 0.1) is 5.82 Å². The molecule has 0 saturated heterocycles. The van der Waals surface area contributed by atoms with Crippen LogP contribution in [0.15, 0.2) is 54.2 Å². The maximum atomic E-state index is 13.2. The summed E-state index contributed by atoms with van der Waals surface area (Å²) in [6, 6.07) is 10.0. The fraction of sp³-hybridized carbons (Fsp3) is 0.105. The summed E-state index contributed by atoms with van der Waals surface area (Å²) < 4.78 is 15.1. The smallest absolute Gasteiger partial charge is 0.271 e. The number of benzene rings is 1. The molecule has 5 nitrogen and oxygen atoms in total. The van der Waals surface area contributed by atoms with Crippen molar-refractivity contribution >= 4 is 28.3 Å². The number of hydrogen-bond acceptors (Lipinski definition) is 4. The van der Waals surface area contributed by atoms with E-state index in [9.17, 15) is 9.18 Å². The van der Waals surface area contributed by atoms with E-state index in [1.54, 1.807) is 23.7 Å². The number of amides is 1. The molecule has 130 valence electrons. The molecule has 1 aromatic carbocycles. The van der Waals surface area contributed by atoms with Crippen molar-refractivity contribution in [3.8, 4) is 10.6 Å². The summed E-state index contributed by atoms with van der Waals surface area (Å²) in [6.07, 6.45) is 3.71. The number of hydrogen-bond donors (Lipinski definition) is 1. The maximum absolute atomic E-state index is 13.2. The molecular weight excluding hydrogens is 351 g/mol. The van der Waals surface area contributed by atoms with Crippen molar-refractivity contribution in [1.82, 2.24) is 19.9 Å². The minimum Gasteiger partial charge on any atom is -0.347 e. The SMILES string of the molecule is Cn1cc(-c2nc(C(=O)NCc3cccc(F)c3)cs2)c2cccnc21. The maximum Gasteiger partial charge on any atom is 0.271 e. The highest BCUT2D eigenvalue weighted by atomic mass is 32.1. The van der Waals surface area contributed by atoms with Gasteiger partial charge < -0.3 is 9.88 Å². The predicted molar refractivity (Wildman–Crippen MR) is 99.4 cm³/mol. The lowest BCUT2D eigenvalue weighted by Gasteiger charge is -2.03. The van der Waals surface area contributed by atoms with Gasteiger partial charge in [-0.1, -0.05) is 12.1 Å². The Hall–Kier alpha value is -3.06. The zero-order valence-electron chi connectivity index (χ0n) is 13.9. The number of halogens is 1. The lowest BCUT2D eigenvalue weighted by Crippen LogP contribution is -2.23. The Labute approximate surface area is 153 Å². The van der Waals surface area contributed by atoms with Gasteiger partial charge in [0, 0.05) is 42.3 Å². The summed E-state index contributed by atoms with van der Waals surface area (Å²) in [5.74, 6) is -0.604. The third-order valence-electron chi connectivity index (χ3n) is 4.04. The number of nitrogens with zero attached hydrogens (tertiary/aromatic N) is 3. The number of fused-ring (bicyclic) bond motifs is 1. The van der Waals surface area contributed by atoms with Gasteiger partial charge in [-0.05, 0) is 29.8 Å². The topological polar surface area (TPSA) is 59.8 Å². The third kappa shape index (κ3) is 3.09. The normalized spacial score (nSPS) is 11.0. The molecular formula is C19H15FN4OS. The average molecular weight is 366 g/mol. The van der Waals surface area contributed by atoms with Crippen molar-refractivity contribution in [2.75, 3.05) is 0 Å². The van der Waals surface area contributed by atoms with E-state index in [4.69, 9.17) is 0 Å². The molecule has 0 atom stereocenters. The Morgan fingerprint density at radius 3 is 3.04 bits per heavy atom. The Morgan fingerprint density at radius 1 is 1.31 bits per heavy atom. The zero-order valence-corrected chi connectivity index (χ0v) is 14.8. The number of aryl methyl sites for hydroxylation is 1. The molecule has 0 radical (unpaired) electrons. The van der Waals surface area contributed by atoms with E-state index in [1.807, 2.05) is 29.9 Å². The molecule has 0 unspecified atom stereocenters. The lowest BCUT2D eigenvalue weighted by molar-refractivity contribution is 0.0946. The van der Waals surface area contributed by atoms with E-state index < -0.39 is 0 Å². The van der Waals surface area contributed by atoms with Gasteiger partial charge in [-0.2, -0.15) is 0 Å². The van der Waals surface area contributed by atoms with Crippen LogP contribution in [0.5, 0.6) is 0 Å². The van der Waals surface area contributed by atoms with Crippen molar-refractivity contribution in [2.45, 2.75) is 6.54 Å². The Kier molecular flexibility index (Phi) is 4.22. The predicted octanol–water partition coefficient (Wildman–Crippen LogP) is 3.77. The largest absolute Gasteiger partial charge is 0.347 e. The Balaban J connectivity index is 1.54. The minimum absolute atomic E-state index is 0.252. The number of nitrogens with one attached hydrogen (secondary N) is 1. The number of pyridine rings is 1. The monoisotopic (exact) mass is 366 g/mol. The van der Waals surface area contributed by atoms with Crippen LogP contribution in [0.3, 0.4) is 0 Å². The molecule has 4 aromatic rings. The second-order valence-electron chi connectivity index (χ2n) is 5.88. The first kappa shape index (κ1) is 16.4. The fourth-order valence-electron chi connectivity index (χ4n) is 2.80. The first-order valence-electron chi connectivity index (χ1n) is 8.00. The van der Waals surface area contributed by atoms with Crippen LogP contribution in [0.25, 0.3) is 21.6 Å². The zero-order chi connectivity index (χ0) is 18.1. The fourth-order valence-corrected chi connectivity index (χ4v) is 3.63. The molecule has 3 heterocycles. The van der Waals surface area contributed by atoms with E-state index in [0.29, 0.717) is 11.3 Å². The first-order valence-corrected chi connectivity index (χ1v) is 8.88. The van der Waals surface area contributed by atoms with Crippen LogP contribution >= 0.6 is 11.3 Å². The van der Waals surface area contributed by atoms with Gasteiger partial charge in [0.1, 0.15) is 22.2 Å². The molecule has 7 heteroatoms. The van der Waals surface area contributed by atoms with Gasteiger partial charge >= 0.3 is 0 Å². The number of aromatic nitrogens is 3. The van der Waals surface area contributed by atoms with E-state index in [-0.39, 0.29) is 18.3 Å². The molecule has 0 aliphatic carbocycles. The molecule has 0 aliphatic rings.